The molecule has 1 aromatic heterocycles. The first-order valence-electron chi connectivity index (χ1n) is 9.87. The van der Waals surface area contributed by atoms with E-state index in [4.69, 9.17) is 4.74 Å². The number of nitrogens with zero attached hydrogens (tertiary/aromatic N) is 4. The van der Waals surface area contributed by atoms with Crippen molar-refractivity contribution in [2.24, 2.45) is 0 Å². The molecular weight excluding hydrogens is 390 g/mol. The van der Waals surface area contributed by atoms with Crippen molar-refractivity contribution in [1.29, 1.82) is 0 Å². The Labute approximate surface area is 175 Å². The number of rotatable bonds is 8. The van der Waals surface area contributed by atoms with Crippen molar-refractivity contribution in [3.63, 3.8) is 0 Å². The van der Waals surface area contributed by atoms with Gasteiger partial charge in [0.15, 0.2) is 5.16 Å². The third-order valence-corrected chi connectivity index (χ3v) is 6.29. The summed E-state index contributed by atoms with van der Waals surface area (Å²) in [6.45, 7) is 8.42. The normalized spacial score (nSPS) is 14.4. The smallest absolute Gasteiger partial charge is 0.343 e. The summed E-state index contributed by atoms with van der Waals surface area (Å²) < 4.78 is 6.60. The van der Waals surface area contributed by atoms with Gasteiger partial charge < -0.3 is 14.5 Å². The second-order valence-corrected chi connectivity index (χ2v) is 8.13. The van der Waals surface area contributed by atoms with Crippen LogP contribution in [0, 0.1) is 13.8 Å². The van der Waals surface area contributed by atoms with Crippen LogP contribution in [0.15, 0.2) is 28.2 Å². The van der Waals surface area contributed by atoms with Crippen LogP contribution in [0.2, 0.25) is 0 Å². The lowest BCUT2D eigenvalue weighted by Gasteiger charge is -2.37. The fourth-order valence-electron chi connectivity index (χ4n) is 3.47. The van der Waals surface area contributed by atoms with E-state index in [0.717, 1.165) is 19.5 Å². The summed E-state index contributed by atoms with van der Waals surface area (Å²) in [5.74, 6) is 0.354. The maximum Gasteiger partial charge on any atom is 0.343 e. The van der Waals surface area contributed by atoms with Crippen LogP contribution in [0.5, 0.6) is 0 Å². The maximum atomic E-state index is 12.7. The fraction of sp³-hybridized carbons (Fsp3) is 0.550. The van der Waals surface area contributed by atoms with Crippen molar-refractivity contribution in [3.8, 4) is 0 Å². The first-order chi connectivity index (χ1) is 14.0. The van der Waals surface area contributed by atoms with Gasteiger partial charge in [-0.15, -0.1) is 5.10 Å². The number of methoxy groups -OCH3 is 1. The minimum Gasteiger partial charge on any atom is -0.385 e. The second kappa shape index (κ2) is 9.98. The average molecular weight is 420 g/mol. The van der Waals surface area contributed by atoms with Crippen LogP contribution < -0.4 is 10.6 Å². The zero-order valence-electron chi connectivity index (χ0n) is 17.3. The highest BCUT2D eigenvalue weighted by Crippen LogP contribution is 2.24. The molecule has 1 aliphatic heterocycles. The number of ether oxygens (including phenoxy) is 1. The zero-order chi connectivity index (χ0) is 20.8. The van der Waals surface area contributed by atoms with Crippen LogP contribution in [0.1, 0.15) is 17.5 Å². The molecule has 0 spiro atoms. The number of piperazine rings is 1. The molecule has 2 aromatic rings. The van der Waals surface area contributed by atoms with E-state index in [9.17, 15) is 9.59 Å². The highest BCUT2D eigenvalue weighted by molar-refractivity contribution is 7.99. The van der Waals surface area contributed by atoms with Gasteiger partial charge in [0.05, 0.1) is 5.75 Å². The largest absolute Gasteiger partial charge is 0.385 e. The van der Waals surface area contributed by atoms with E-state index in [1.807, 2.05) is 4.90 Å². The molecule has 0 saturated carbocycles. The van der Waals surface area contributed by atoms with E-state index < -0.39 is 0 Å². The van der Waals surface area contributed by atoms with Crippen LogP contribution in [-0.4, -0.2) is 71.2 Å². The number of nitrogens with one attached hydrogen (secondary N) is 1. The van der Waals surface area contributed by atoms with E-state index in [1.165, 1.54) is 28.6 Å². The van der Waals surface area contributed by atoms with Gasteiger partial charge in [0.2, 0.25) is 5.91 Å². The van der Waals surface area contributed by atoms with Gasteiger partial charge in [-0.05, 0) is 37.5 Å². The van der Waals surface area contributed by atoms with E-state index >= 15 is 0 Å². The maximum absolute atomic E-state index is 12.7. The number of hydrogen-bond donors (Lipinski definition) is 1. The topological polar surface area (TPSA) is 83.5 Å². The summed E-state index contributed by atoms with van der Waals surface area (Å²) in [6.07, 6.45) is 0.720. The molecule has 0 bridgehead atoms. The third-order valence-electron chi connectivity index (χ3n) is 5.33. The Morgan fingerprint density at radius 2 is 2.00 bits per heavy atom. The molecule has 0 atom stereocenters. The monoisotopic (exact) mass is 419 g/mol. The average Bonchev–Trinajstić information content (AvgIpc) is 3.08. The minimum atomic E-state index is -0.252. The van der Waals surface area contributed by atoms with E-state index in [0.29, 0.717) is 31.4 Å². The number of aromatic nitrogens is 3. The van der Waals surface area contributed by atoms with Gasteiger partial charge >= 0.3 is 5.69 Å². The molecule has 158 valence electrons. The molecular formula is C20H29N5O3S. The SMILES string of the molecule is COCCCn1c(SCC(=O)N2CCN(c3cccc(C)c3C)CC2)n[nH]c1=O. The van der Waals surface area contributed by atoms with Crippen molar-refractivity contribution < 1.29 is 9.53 Å². The molecule has 9 heteroatoms. The number of H-pyrrole nitrogens is 1. The molecule has 0 radical (unpaired) electrons. The Morgan fingerprint density at radius 1 is 1.24 bits per heavy atom. The first-order valence-corrected chi connectivity index (χ1v) is 10.9. The van der Waals surface area contributed by atoms with Crippen molar-refractivity contribution in [3.05, 3.63) is 39.8 Å². The Bertz CT molecular complexity index is 886. The molecule has 2 heterocycles. The molecule has 0 unspecified atom stereocenters. The summed E-state index contributed by atoms with van der Waals surface area (Å²) in [5.41, 5.74) is 3.59. The Kier molecular flexibility index (Phi) is 7.38. The zero-order valence-corrected chi connectivity index (χ0v) is 18.1. The van der Waals surface area contributed by atoms with Crippen molar-refractivity contribution in [2.75, 3.05) is 50.5 Å². The van der Waals surface area contributed by atoms with Crippen molar-refractivity contribution in [1.82, 2.24) is 19.7 Å². The van der Waals surface area contributed by atoms with Gasteiger partial charge in [0.25, 0.3) is 0 Å². The number of amides is 1. The summed E-state index contributed by atoms with van der Waals surface area (Å²) in [4.78, 5) is 28.8. The van der Waals surface area contributed by atoms with Crippen molar-refractivity contribution in [2.45, 2.75) is 32.0 Å². The lowest BCUT2D eigenvalue weighted by Crippen LogP contribution is -2.49. The molecule has 8 nitrogen and oxygen atoms in total. The van der Waals surface area contributed by atoms with Gasteiger partial charge in [0.1, 0.15) is 0 Å². The summed E-state index contributed by atoms with van der Waals surface area (Å²) in [5, 5.41) is 7.06. The summed E-state index contributed by atoms with van der Waals surface area (Å²) >= 11 is 1.30. The minimum absolute atomic E-state index is 0.0782. The van der Waals surface area contributed by atoms with Gasteiger partial charge in [-0.25, -0.2) is 9.89 Å². The molecule has 1 saturated heterocycles. The molecule has 0 aliphatic carbocycles. The third kappa shape index (κ3) is 5.22. The van der Waals surface area contributed by atoms with Crippen LogP contribution in [0.25, 0.3) is 0 Å². The molecule has 1 aliphatic rings. The van der Waals surface area contributed by atoms with Crippen LogP contribution in [0.4, 0.5) is 5.69 Å². The highest BCUT2D eigenvalue weighted by Gasteiger charge is 2.23. The van der Waals surface area contributed by atoms with Gasteiger partial charge in [-0.3, -0.25) is 9.36 Å². The predicted molar refractivity (Wildman–Crippen MR) is 115 cm³/mol. The Hall–Kier alpha value is -2.26. The number of benzene rings is 1. The number of aromatic amines is 1. The summed E-state index contributed by atoms with van der Waals surface area (Å²) in [7, 11) is 1.63. The molecule has 1 amide bonds. The highest BCUT2D eigenvalue weighted by atomic mass is 32.2. The quantitative estimate of drug-likeness (QED) is 0.518. The Balaban J connectivity index is 1.52. The number of carbonyl (C=O) groups excluding carboxylic acids is 1. The molecule has 29 heavy (non-hydrogen) atoms. The van der Waals surface area contributed by atoms with Gasteiger partial charge in [-0.2, -0.15) is 0 Å². The lowest BCUT2D eigenvalue weighted by atomic mass is 10.1. The molecule has 3 rings (SSSR count). The molecule has 1 fully saturated rings. The molecule has 1 aromatic carbocycles. The van der Waals surface area contributed by atoms with Crippen LogP contribution >= 0.6 is 11.8 Å². The predicted octanol–water partition coefficient (Wildman–Crippen LogP) is 1.67. The Morgan fingerprint density at radius 3 is 2.72 bits per heavy atom. The number of aryl methyl sites for hydroxylation is 1. The van der Waals surface area contributed by atoms with Gasteiger partial charge in [0, 0.05) is 52.1 Å². The van der Waals surface area contributed by atoms with Crippen molar-refractivity contribution >= 4 is 23.4 Å². The number of carbonyl (C=O) groups is 1. The first kappa shape index (κ1) is 21.4. The molecule has 1 N–H and O–H groups in total. The van der Waals surface area contributed by atoms with E-state index in [1.54, 1.807) is 11.7 Å². The lowest BCUT2D eigenvalue weighted by molar-refractivity contribution is -0.128. The standard InChI is InChI=1S/C20H29N5O3S/c1-15-6-4-7-17(16(15)2)23-9-11-24(12-10-23)18(26)14-29-20-22-21-19(27)25(20)8-5-13-28-3/h4,6-7H,5,8-14H2,1-3H3,(H,21,27). The second-order valence-electron chi connectivity index (χ2n) is 7.18. The van der Waals surface area contributed by atoms with Crippen LogP contribution in [0.3, 0.4) is 0 Å². The number of hydrogen-bond acceptors (Lipinski definition) is 6. The number of thioether (sulfide) groups is 1. The fourth-order valence-corrected chi connectivity index (χ4v) is 4.35. The van der Waals surface area contributed by atoms with E-state index in [-0.39, 0.29) is 17.3 Å². The van der Waals surface area contributed by atoms with Crippen LogP contribution in [-0.2, 0) is 16.1 Å². The van der Waals surface area contributed by atoms with Gasteiger partial charge in [-0.1, -0.05) is 23.9 Å². The van der Waals surface area contributed by atoms with E-state index in [2.05, 4.69) is 47.1 Å². The summed E-state index contributed by atoms with van der Waals surface area (Å²) in [6, 6.07) is 6.36. The number of anilines is 1.